The van der Waals surface area contributed by atoms with Crippen LogP contribution in [0.4, 0.5) is 0 Å². The summed E-state index contributed by atoms with van der Waals surface area (Å²) in [5, 5.41) is 8.26. The van der Waals surface area contributed by atoms with Crippen LogP contribution in [0.1, 0.15) is 25.5 Å². The first-order chi connectivity index (χ1) is 8.25. The van der Waals surface area contributed by atoms with Gasteiger partial charge in [0, 0.05) is 18.3 Å². The molecule has 0 spiro atoms. The summed E-state index contributed by atoms with van der Waals surface area (Å²) < 4.78 is 0. The summed E-state index contributed by atoms with van der Waals surface area (Å²) in [6.07, 6.45) is 2.93. The summed E-state index contributed by atoms with van der Waals surface area (Å²) in [7, 11) is 0. The standard InChI is InChI=1S/C12H19N3OS.ClH/c1-9-2-4-13-11(6-9)12(16)14-5-3-10-7-17-8-15-10;/h7-9,11,13H,2-6H2,1H3,(H,14,16);1H. The van der Waals surface area contributed by atoms with Crippen LogP contribution in [0.2, 0.25) is 0 Å². The second-order valence-corrected chi connectivity index (χ2v) is 5.38. The van der Waals surface area contributed by atoms with E-state index in [9.17, 15) is 4.79 Å². The molecule has 0 radical (unpaired) electrons. The van der Waals surface area contributed by atoms with Gasteiger partial charge in [0.15, 0.2) is 0 Å². The van der Waals surface area contributed by atoms with Gasteiger partial charge in [-0.15, -0.1) is 23.7 Å². The molecule has 1 saturated heterocycles. The van der Waals surface area contributed by atoms with Gasteiger partial charge in [0.1, 0.15) is 0 Å². The van der Waals surface area contributed by atoms with Crippen molar-refractivity contribution in [3.63, 3.8) is 0 Å². The third-order valence-corrected chi connectivity index (χ3v) is 3.78. The van der Waals surface area contributed by atoms with Crippen LogP contribution < -0.4 is 10.6 Å². The molecule has 0 saturated carbocycles. The number of hydrogen-bond donors (Lipinski definition) is 2. The van der Waals surface area contributed by atoms with Gasteiger partial charge in [0.05, 0.1) is 17.2 Å². The number of rotatable bonds is 4. The lowest BCUT2D eigenvalue weighted by molar-refractivity contribution is -0.124. The lowest BCUT2D eigenvalue weighted by atomic mass is 9.94. The van der Waals surface area contributed by atoms with Gasteiger partial charge < -0.3 is 10.6 Å². The second kappa shape index (κ2) is 7.71. The van der Waals surface area contributed by atoms with Gasteiger partial charge in [0.25, 0.3) is 0 Å². The molecule has 1 amide bonds. The van der Waals surface area contributed by atoms with E-state index in [1.165, 1.54) is 6.42 Å². The molecule has 4 nitrogen and oxygen atoms in total. The molecule has 0 aromatic carbocycles. The summed E-state index contributed by atoms with van der Waals surface area (Å²) in [4.78, 5) is 16.1. The van der Waals surface area contributed by atoms with Gasteiger partial charge in [0.2, 0.25) is 5.91 Å². The lowest BCUT2D eigenvalue weighted by Crippen LogP contribution is -2.48. The SMILES string of the molecule is CC1CCNC(C(=O)NCCc2cscn2)C1.Cl. The number of hydrogen-bond acceptors (Lipinski definition) is 4. The van der Waals surface area contributed by atoms with Crippen molar-refractivity contribution in [3.8, 4) is 0 Å². The molecule has 1 aromatic rings. The molecule has 1 aliphatic rings. The minimum atomic E-state index is -0.00539. The minimum Gasteiger partial charge on any atom is -0.354 e. The van der Waals surface area contributed by atoms with Gasteiger partial charge in [-0.2, -0.15) is 0 Å². The summed E-state index contributed by atoms with van der Waals surface area (Å²) >= 11 is 1.59. The molecule has 1 fully saturated rings. The number of piperidine rings is 1. The predicted molar refractivity (Wildman–Crippen MR) is 76.3 cm³/mol. The van der Waals surface area contributed by atoms with E-state index in [1.807, 2.05) is 10.9 Å². The molecule has 102 valence electrons. The van der Waals surface area contributed by atoms with E-state index >= 15 is 0 Å². The van der Waals surface area contributed by atoms with Crippen molar-refractivity contribution in [1.29, 1.82) is 0 Å². The smallest absolute Gasteiger partial charge is 0.237 e. The summed E-state index contributed by atoms with van der Waals surface area (Å²) in [5.74, 6) is 0.775. The maximum absolute atomic E-state index is 11.9. The molecule has 1 aliphatic heterocycles. The number of amides is 1. The fraction of sp³-hybridized carbons (Fsp3) is 0.667. The molecule has 2 N–H and O–H groups in total. The van der Waals surface area contributed by atoms with Crippen LogP contribution in [0.3, 0.4) is 0 Å². The molecule has 18 heavy (non-hydrogen) atoms. The normalized spacial score (nSPS) is 23.2. The highest BCUT2D eigenvalue weighted by Crippen LogP contribution is 2.14. The van der Waals surface area contributed by atoms with Crippen molar-refractivity contribution in [1.82, 2.24) is 15.6 Å². The molecule has 0 bridgehead atoms. The zero-order chi connectivity index (χ0) is 12.1. The molecule has 0 aliphatic carbocycles. The Balaban J connectivity index is 0.00000162. The first kappa shape index (κ1) is 15.4. The lowest BCUT2D eigenvalue weighted by Gasteiger charge is -2.27. The summed E-state index contributed by atoms with van der Waals surface area (Å²) in [5.41, 5.74) is 2.88. The van der Waals surface area contributed by atoms with Gasteiger partial charge in [-0.25, -0.2) is 4.98 Å². The first-order valence-electron chi connectivity index (χ1n) is 6.14. The molecule has 2 unspecified atom stereocenters. The summed E-state index contributed by atoms with van der Waals surface area (Å²) in [6, 6.07) is -0.00539. The molecular formula is C12H20ClN3OS. The molecule has 1 aromatic heterocycles. The van der Waals surface area contributed by atoms with Crippen molar-refractivity contribution in [2.45, 2.75) is 32.2 Å². The average molecular weight is 290 g/mol. The summed E-state index contributed by atoms with van der Waals surface area (Å²) in [6.45, 7) is 3.83. The minimum absolute atomic E-state index is 0. The fourth-order valence-corrected chi connectivity index (χ4v) is 2.70. The van der Waals surface area contributed by atoms with E-state index < -0.39 is 0 Å². The Morgan fingerprint density at radius 2 is 2.50 bits per heavy atom. The van der Waals surface area contributed by atoms with E-state index in [-0.39, 0.29) is 24.4 Å². The highest BCUT2D eigenvalue weighted by molar-refractivity contribution is 7.07. The Kier molecular flexibility index (Phi) is 6.60. The number of carbonyl (C=O) groups excluding carboxylic acids is 1. The van der Waals surface area contributed by atoms with E-state index in [2.05, 4.69) is 22.5 Å². The van der Waals surface area contributed by atoms with Crippen LogP contribution in [0.15, 0.2) is 10.9 Å². The number of nitrogens with one attached hydrogen (secondary N) is 2. The van der Waals surface area contributed by atoms with Crippen molar-refractivity contribution < 1.29 is 4.79 Å². The number of halogens is 1. The highest BCUT2D eigenvalue weighted by Gasteiger charge is 2.23. The van der Waals surface area contributed by atoms with E-state index in [4.69, 9.17) is 0 Å². The van der Waals surface area contributed by atoms with Crippen molar-refractivity contribution in [2.24, 2.45) is 5.92 Å². The monoisotopic (exact) mass is 289 g/mol. The molecular weight excluding hydrogens is 270 g/mol. The average Bonchev–Trinajstić information content (AvgIpc) is 2.82. The van der Waals surface area contributed by atoms with Crippen LogP contribution in [-0.4, -0.2) is 30.0 Å². The Hall–Kier alpha value is -0.650. The maximum atomic E-state index is 11.9. The maximum Gasteiger partial charge on any atom is 0.237 e. The Labute approximate surface area is 118 Å². The second-order valence-electron chi connectivity index (χ2n) is 4.66. The Morgan fingerprint density at radius 3 is 3.17 bits per heavy atom. The largest absolute Gasteiger partial charge is 0.354 e. The number of nitrogens with zero attached hydrogens (tertiary/aromatic N) is 1. The number of aromatic nitrogens is 1. The third kappa shape index (κ3) is 4.55. The van der Waals surface area contributed by atoms with E-state index in [0.29, 0.717) is 12.5 Å². The van der Waals surface area contributed by atoms with Crippen LogP contribution >= 0.6 is 23.7 Å². The van der Waals surface area contributed by atoms with Crippen molar-refractivity contribution in [3.05, 3.63) is 16.6 Å². The predicted octanol–water partition coefficient (Wildman–Crippen LogP) is 1.61. The first-order valence-corrected chi connectivity index (χ1v) is 7.08. The molecule has 2 heterocycles. The van der Waals surface area contributed by atoms with Gasteiger partial charge in [-0.3, -0.25) is 4.79 Å². The van der Waals surface area contributed by atoms with Crippen molar-refractivity contribution >= 4 is 29.7 Å². The molecule has 2 atom stereocenters. The highest BCUT2D eigenvalue weighted by atomic mass is 35.5. The van der Waals surface area contributed by atoms with Crippen LogP contribution in [0.5, 0.6) is 0 Å². The third-order valence-electron chi connectivity index (χ3n) is 3.15. The van der Waals surface area contributed by atoms with E-state index in [0.717, 1.165) is 25.1 Å². The Morgan fingerprint density at radius 1 is 1.67 bits per heavy atom. The van der Waals surface area contributed by atoms with Crippen LogP contribution in [0.25, 0.3) is 0 Å². The van der Waals surface area contributed by atoms with Gasteiger partial charge >= 0.3 is 0 Å². The van der Waals surface area contributed by atoms with E-state index in [1.54, 1.807) is 11.3 Å². The molecule has 6 heteroatoms. The van der Waals surface area contributed by atoms with Crippen LogP contribution in [0, 0.1) is 5.92 Å². The number of carbonyl (C=O) groups is 1. The zero-order valence-electron chi connectivity index (χ0n) is 10.5. The zero-order valence-corrected chi connectivity index (χ0v) is 12.1. The topological polar surface area (TPSA) is 54.0 Å². The fourth-order valence-electron chi connectivity index (χ4n) is 2.11. The number of thiazole rings is 1. The van der Waals surface area contributed by atoms with Gasteiger partial charge in [-0.1, -0.05) is 6.92 Å². The molecule has 2 rings (SSSR count). The van der Waals surface area contributed by atoms with Crippen LogP contribution in [-0.2, 0) is 11.2 Å². The van der Waals surface area contributed by atoms with Crippen molar-refractivity contribution in [2.75, 3.05) is 13.1 Å². The quantitative estimate of drug-likeness (QED) is 0.885. The Bertz CT molecular complexity index is 358. The van der Waals surface area contributed by atoms with Gasteiger partial charge in [-0.05, 0) is 25.3 Å².